The number of hydrogen-bond acceptors (Lipinski definition) is 4. The number of rotatable bonds is 5. The number of benzene rings is 2. The summed E-state index contributed by atoms with van der Waals surface area (Å²) in [5.74, 6) is -0.613. The van der Waals surface area contributed by atoms with Crippen molar-refractivity contribution in [2.24, 2.45) is 0 Å². The summed E-state index contributed by atoms with van der Waals surface area (Å²) < 4.78 is 42.1. The van der Waals surface area contributed by atoms with Crippen molar-refractivity contribution in [3.63, 3.8) is 0 Å². The van der Waals surface area contributed by atoms with E-state index in [0.717, 1.165) is 17.7 Å². The topological polar surface area (TPSA) is 84.7 Å². The molecular weight excluding hydrogens is 437 g/mol. The van der Waals surface area contributed by atoms with Gasteiger partial charge in [-0.3, -0.25) is 9.20 Å². The van der Waals surface area contributed by atoms with Crippen molar-refractivity contribution in [2.75, 3.05) is 10.6 Å². The Morgan fingerprint density at radius 2 is 1.55 bits per heavy atom. The number of anilines is 2. The monoisotopic (exact) mass is 454 g/mol. The first-order chi connectivity index (χ1) is 15.7. The van der Waals surface area contributed by atoms with Crippen LogP contribution in [0.1, 0.15) is 21.6 Å². The number of ketones is 1. The van der Waals surface area contributed by atoms with Gasteiger partial charge in [-0.25, -0.2) is 9.78 Å². The van der Waals surface area contributed by atoms with Gasteiger partial charge in [0, 0.05) is 23.1 Å². The van der Waals surface area contributed by atoms with E-state index in [4.69, 9.17) is 0 Å². The van der Waals surface area contributed by atoms with Crippen LogP contribution in [0.2, 0.25) is 0 Å². The van der Waals surface area contributed by atoms with Gasteiger partial charge in [-0.05, 0) is 73.2 Å². The average Bonchev–Trinajstić information content (AvgIpc) is 3.17. The van der Waals surface area contributed by atoms with E-state index < -0.39 is 18.1 Å². The molecule has 0 radical (unpaired) electrons. The molecule has 2 heterocycles. The first kappa shape index (κ1) is 21.9. The smallest absolute Gasteiger partial charge is 0.406 e. The number of fused-ring (bicyclic) bond motifs is 1. The highest BCUT2D eigenvalue weighted by Crippen LogP contribution is 2.24. The molecule has 0 bridgehead atoms. The fourth-order valence-electron chi connectivity index (χ4n) is 3.14. The summed E-state index contributed by atoms with van der Waals surface area (Å²) in [6, 6.07) is 14.2. The number of pyridine rings is 1. The van der Waals surface area contributed by atoms with Crippen LogP contribution in [0.25, 0.3) is 5.65 Å². The number of aryl methyl sites for hydroxylation is 1. The molecule has 0 saturated heterocycles. The number of nitrogens with one attached hydrogen (secondary N) is 2. The van der Waals surface area contributed by atoms with E-state index in [-0.39, 0.29) is 11.5 Å². The van der Waals surface area contributed by atoms with Crippen molar-refractivity contribution in [1.29, 1.82) is 0 Å². The molecule has 33 heavy (non-hydrogen) atoms. The van der Waals surface area contributed by atoms with Crippen LogP contribution >= 0.6 is 0 Å². The molecule has 2 N–H and O–H groups in total. The van der Waals surface area contributed by atoms with E-state index in [0.29, 0.717) is 22.6 Å². The van der Waals surface area contributed by atoms with E-state index in [9.17, 15) is 22.8 Å². The molecular formula is C23H17F3N4O3. The normalized spacial score (nSPS) is 11.3. The first-order valence-electron chi connectivity index (χ1n) is 9.70. The highest BCUT2D eigenvalue weighted by Gasteiger charge is 2.31. The maximum absolute atomic E-state index is 12.9. The van der Waals surface area contributed by atoms with Gasteiger partial charge < -0.3 is 15.4 Å². The fourth-order valence-corrected chi connectivity index (χ4v) is 3.14. The predicted octanol–water partition coefficient (Wildman–Crippen LogP) is 5.42. The van der Waals surface area contributed by atoms with Gasteiger partial charge in [-0.15, -0.1) is 13.2 Å². The van der Waals surface area contributed by atoms with Crippen LogP contribution in [-0.2, 0) is 0 Å². The van der Waals surface area contributed by atoms with Crippen LogP contribution in [0.3, 0.4) is 0 Å². The molecule has 0 aliphatic rings. The Hall–Kier alpha value is -4.34. The molecule has 0 atom stereocenters. The maximum atomic E-state index is 12.9. The van der Waals surface area contributed by atoms with Crippen LogP contribution < -0.4 is 15.4 Å². The zero-order valence-electron chi connectivity index (χ0n) is 17.2. The summed E-state index contributed by atoms with van der Waals surface area (Å²) in [6.45, 7) is 1.94. The maximum Gasteiger partial charge on any atom is 0.573 e. The van der Waals surface area contributed by atoms with Gasteiger partial charge >= 0.3 is 12.4 Å². The van der Waals surface area contributed by atoms with Gasteiger partial charge in [0.15, 0.2) is 0 Å². The van der Waals surface area contributed by atoms with E-state index in [1.165, 1.54) is 18.3 Å². The molecule has 2 aromatic heterocycles. The summed E-state index contributed by atoms with van der Waals surface area (Å²) in [5.41, 5.74) is 3.24. The lowest BCUT2D eigenvalue weighted by Crippen LogP contribution is -2.19. The number of aromatic nitrogens is 2. The summed E-state index contributed by atoms with van der Waals surface area (Å²) in [7, 11) is 0. The van der Waals surface area contributed by atoms with Crippen molar-refractivity contribution in [3.05, 3.63) is 89.9 Å². The highest BCUT2D eigenvalue weighted by atomic mass is 19.4. The minimum atomic E-state index is -4.79. The van der Waals surface area contributed by atoms with Crippen LogP contribution in [0.5, 0.6) is 5.75 Å². The van der Waals surface area contributed by atoms with Crippen LogP contribution in [0.15, 0.2) is 73.1 Å². The Kier molecular flexibility index (Phi) is 5.74. The minimum Gasteiger partial charge on any atom is -0.406 e. The number of carbonyl (C=O) groups excluding carboxylic acids is 2. The Morgan fingerprint density at radius 1 is 0.939 bits per heavy atom. The Morgan fingerprint density at radius 3 is 2.15 bits per heavy atom. The molecule has 2 aromatic carbocycles. The molecule has 0 spiro atoms. The molecule has 0 unspecified atom stereocenters. The molecule has 2 amide bonds. The number of alkyl halides is 3. The van der Waals surface area contributed by atoms with Crippen LogP contribution in [-0.4, -0.2) is 27.6 Å². The summed E-state index contributed by atoms with van der Waals surface area (Å²) in [4.78, 5) is 29.3. The number of carbonyl (C=O) groups is 2. The van der Waals surface area contributed by atoms with Gasteiger partial charge in [0.2, 0.25) is 5.78 Å². The second-order valence-corrected chi connectivity index (χ2v) is 7.13. The number of amides is 2. The molecule has 0 aliphatic heterocycles. The van der Waals surface area contributed by atoms with Crippen molar-refractivity contribution in [3.8, 4) is 5.75 Å². The second-order valence-electron chi connectivity index (χ2n) is 7.13. The number of ether oxygens (including phenoxy) is 1. The first-order valence-corrected chi connectivity index (χ1v) is 9.70. The third kappa shape index (κ3) is 5.29. The number of halogens is 3. The summed E-state index contributed by atoms with van der Waals surface area (Å²) in [5, 5.41) is 5.09. The van der Waals surface area contributed by atoms with E-state index in [1.54, 1.807) is 34.9 Å². The lowest BCUT2D eigenvalue weighted by molar-refractivity contribution is -0.274. The zero-order valence-corrected chi connectivity index (χ0v) is 17.2. The molecule has 10 heteroatoms. The Balaban J connectivity index is 1.39. The molecule has 168 valence electrons. The quantitative estimate of drug-likeness (QED) is 0.395. The lowest BCUT2D eigenvalue weighted by Gasteiger charge is -2.11. The van der Waals surface area contributed by atoms with Gasteiger partial charge in [0.25, 0.3) is 0 Å². The SMILES string of the molecule is Cc1ccn2c(C(=O)c3ccc(NC(=O)Nc4ccc(OC(F)(F)F)cc4)cc3)cnc2c1. The summed E-state index contributed by atoms with van der Waals surface area (Å²) >= 11 is 0. The molecule has 4 aromatic rings. The third-order valence-corrected chi connectivity index (χ3v) is 4.65. The van der Waals surface area contributed by atoms with Gasteiger partial charge in [0.1, 0.15) is 17.1 Å². The standard InChI is InChI=1S/C23H17F3N4O3/c1-14-10-11-30-19(13-27-20(30)12-14)21(31)15-2-4-16(5-3-15)28-22(32)29-17-6-8-18(9-7-17)33-23(24,25)26/h2-13H,1H3,(H2,28,29,32). The average molecular weight is 454 g/mol. The van der Waals surface area contributed by atoms with Crippen molar-refractivity contribution in [2.45, 2.75) is 13.3 Å². The third-order valence-electron chi connectivity index (χ3n) is 4.65. The van der Waals surface area contributed by atoms with Crippen molar-refractivity contribution in [1.82, 2.24) is 9.38 Å². The Bertz CT molecular complexity index is 1310. The fraction of sp³-hybridized carbons (Fsp3) is 0.0870. The summed E-state index contributed by atoms with van der Waals surface area (Å²) in [6.07, 6.45) is -1.49. The lowest BCUT2D eigenvalue weighted by atomic mass is 10.1. The predicted molar refractivity (Wildman–Crippen MR) is 116 cm³/mol. The van der Waals surface area contributed by atoms with Gasteiger partial charge in [-0.2, -0.15) is 0 Å². The van der Waals surface area contributed by atoms with E-state index >= 15 is 0 Å². The van der Waals surface area contributed by atoms with E-state index in [2.05, 4.69) is 20.4 Å². The van der Waals surface area contributed by atoms with Crippen molar-refractivity contribution >= 4 is 28.8 Å². The van der Waals surface area contributed by atoms with Crippen molar-refractivity contribution < 1.29 is 27.5 Å². The molecule has 0 aliphatic carbocycles. The van der Waals surface area contributed by atoms with Gasteiger partial charge in [0.05, 0.1) is 6.20 Å². The van der Waals surface area contributed by atoms with Crippen LogP contribution in [0, 0.1) is 6.92 Å². The highest BCUT2D eigenvalue weighted by molar-refractivity contribution is 6.08. The second kappa shape index (κ2) is 8.65. The number of nitrogens with zero attached hydrogens (tertiary/aromatic N) is 2. The zero-order chi connectivity index (χ0) is 23.6. The van der Waals surface area contributed by atoms with E-state index in [1.807, 2.05) is 19.1 Å². The Labute approximate surface area is 185 Å². The van der Waals surface area contributed by atoms with Gasteiger partial charge in [-0.1, -0.05) is 0 Å². The molecule has 0 saturated carbocycles. The minimum absolute atomic E-state index is 0.219. The molecule has 0 fully saturated rings. The van der Waals surface area contributed by atoms with Crippen LogP contribution in [0.4, 0.5) is 29.3 Å². The largest absolute Gasteiger partial charge is 0.573 e. The molecule has 4 rings (SSSR count). The number of urea groups is 1. The number of imidazole rings is 1. The number of hydrogen-bond donors (Lipinski definition) is 2. The molecule has 7 nitrogen and oxygen atoms in total.